The highest BCUT2D eigenvalue weighted by molar-refractivity contribution is 5.14. The summed E-state index contributed by atoms with van der Waals surface area (Å²) >= 11 is 0. The van der Waals surface area contributed by atoms with Gasteiger partial charge >= 0.3 is 0 Å². The van der Waals surface area contributed by atoms with Gasteiger partial charge in [0.25, 0.3) is 0 Å². The van der Waals surface area contributed by atoms with Gasteiger partial charge in [0.15, 0.2) is 0 Å². The molecule has 1 N–H and O–H groups in total. The van der Waals surface area contributed by atoms with Crippen LogP contribution < -0.4 is 5.32 Å². The molecule has 1 fully saturated rings. The van der Waals surface area contributed by atoms with Crippen LogP contribution in [0.1, 0.15) is 12.0 Å². The zero-order valence-corrected chi connectivity index (χ0v) is 8.41. The van der Waals surface area contributed by atoms with Gasteiger partial charge in [-0.15, -0.1) is 0 Å². The van der Waals surface area contributed by atoms with E-state index in [2.05, 4.69) is 29.6 Å². The molecule has 14 heavy (non-hydrogen) atoms. The molecule has 0 aliphatic carbocycles. The van der Waals surface area contributed by atoms with E-state index in [1.807, 2.05) is 6.07 Å². The zero-order valence-electron chi connectivity index (χ0n) is 8.41. The summed E-state index contributed by atoms with van der Waals surface area (Å²) in [6.07, 6.45) is 1.21. The number of rotatable bonds is 4. The molecule has 0 aromatic heterocycles. The van der Waals surface area contributed by atoms with Crippen molar-refractivity contribution in [1.29, 1.82) is 0 Å². The van der Waals surface area contributed by atoms with Crippen LogP contribution in [0.2, 0.25) is 0 Å². The summed E-state index contributed by atoms with van der Waals surface area (Å²) in [5, 5.41) is 3.46. The lowest BCUT2D eigenvalue weighted by molar-refractivity contribution is 0.185. The Balaban J connectivity index is 1.67. The maximum absolute atomic E-state index is 5.32. The highest BCUT2D eigenvalue weighted by atomic mass is 16.5. The highest BCUT2D eigenvalue weighted by Crippen LogP contribution is 2.10. The monoisotopic (exact) mass is 191 g/mol. The largest absolute Gasteiger partial charge is 0.381 e. The molecule has 0 amide bonds. The second-order valence-electron chi connectivity index (χ2n) is 3.85. The van der Waals surface area contributed by atoms with Crippen LogP contribution in [-0.4, -0.2) is 19.8 Å². The summed E-state index contributed by atoms with van der Waals surface area (Å²) < 4.78 is 5.32. The first-order chi connectivity index (χ1) is 6.95. The van der Waals surface area contributed by atoms with Crippen LogP contribution in [0.5, 0.6) is 0 Å². The van der Waals surface area contributed by atoms with Crippen LogP contribution in [0.15, 0.2) is 30.3 Å². The summed E-state index contributed by atoms with van der Waals surface area (Å²) in [6.45, 7) is 3.92. The Kier molecular flexibility index (Phi) is 3.55. The van der Waals surface area contributed by atoms with Crippen molar-refractivity contribution in [2.45, 2.75) is 13.0 Å². The van der Waals surface area contributed by atoms with E-state index in [1.165, 1.54) is 12.0 Å². The maximum atomic E-state index is 5.32. The Morgan fingerprint density at radius 3 is 2.86 bits per heavy atom. The van der Waals surface area contributed by atoms with Crippen molar-refractivity contribution < 1.29 is 4.74 Å². The molecular formula is C12H17NO. The van der Waals surface area contributed by atoms with Crippen molar-refractivity contribution in [2.75, 3.05) is 19.8 Å². The van der Waals surface area contributed by atoms with Crippen LogP contribution in [0, 0.1) is 5.92 Å². The smallest absolute Gasteiger partial charge is 0.0507 e. The summed E-state index contributed by atoms with van der Waals surface area (Å²) in [7, 11) is 0. The van der Waals surface area contributed by atoms with Crippen molar-refractivity contribution in [3.63, 3.8) is 0 Å². The summed E-state index contributed by atoms with van der Waals surface area (Å²) in [6, 6.07) is 10.5. The summed E-state index contributed by atoms with van der Waals surface area (Å²) in [5.41, 5.74) is 1.35. The Labute approximate surface area is 85.3 Å². The highest BCUT2D eigenvalue weighted by Gasteiger charge is 2.14. The summed E-state index contributed by atoms with van der Waals surface area (Å²) in [5.74, 6) is 0.721. The lowest BCUT2D eigenvalue weighted by atomic mass is 10.1. The maximum Gasteiger partial charge on any atom is 0.0507 e. The average molecular weight is 191 g/mol. The van der Waals surface area contributed by atoms with Crippen LogP contribution in [0.4, 0.5) is 0 Å². The Hall–Kier alpha value is -0.860. The van der Waals surface area contributed by atoms with Gasteiger partial charge in [-0.2, -0.15) is 0 Å². The number of ether oxygens (including phenoxy) is 1. The van der Waals surface area contributed by atoms with Gasteiger partial charge in [0, 0.05) is 19.7 Å². The van der Waals surface area contributed by atoms with Gasteiger partial charge < -0.3 is 10.1 Å². The SMILES string of the molecule is c1ccc(CNC[C@@H]2CCOC2)cc1. The van der Waals surface area contributed by atoms with E-state index in [0.29, 0.717) is 0 Å². The van der Waals surface area contributed by atoms with Crippen LogP contribution in [0.3, 0.4) is 0 Å². The Morgan fingerprint density at radius 2 is 2.14 bits per heavy atom. The first-order valence-electron chi connectivity index (χ1n) is 5.27. The molecule has 1 aliphatic heterocycles. The lowest BCUT2D eigenvalue weighted by Gasteiger charge is -2.08. The molecule has 2 nitrogen and oxygen atoms in total. The van der Waals surface area contributed by atoms with Crippen molar-refractivity contribution >= 4 is 0 Å². The van der Waals surface area contributed by atoms with E-state index in [1.54, 1.807) is 0 Å². The van der Waals surface area contributed by atoms with E-state index in [-0.39, 0.29) is 0 Å². The fourth-order valence-electron chi connectivity index (χ4n) is 1.76. The quantitative estimate of drug-likeness (QED) is 0.783. The molecule has 76 valence electrons. The van der Waals surface area contributed by atoms with Gasteiger partial charge in [-0.3, -0.25) is 0 Å². The average Bonchev–Trinajstić information content (AvgIpc) is 2.72. The topological polar surface area (TPSA) is 21.3 Å². The van der Waals surface area contributed by atoms with Crippen LogP contribution >= 0.6 is 0 Å². The molecular weight excluding hydrogens is 174 g/mol. The van der Waals surface area contributed by atoms with E-state index < -0.39 is 0 Å². The first-order valence-corrected chi connectivity index (χ1v) is 5.27. The van der Waals surface area contributed by atoms with Crippen LogP contribution in [-0.2, 0) is 11.3 Å². The molecule has 1 aromatic carbocycles. The van der Waals surface area contributed by atoms with Gasteiger partial charge in [-0.25, -0.2) is 0 Å². The fraction of sp³-hybridized carbons (Fsp3) is 0.500. The molecule has 1 heterocycles. The number of hydrogen-bond donors (Lipinski definition) is 1. The third-order valence-corrected chi connectivity index (χ3v) is 2.63. The lowest BCUT2D eigenvalue weighted by Crippen LogP contribution is -2.22. The molecule has 1 aliphatic rings. The molecule has 2 heteroatoms. The minimum atomic E-state index is 0.721. The second kappa shape index (κ2) is 5.13. The van der Waals surface area contributed by atoms with Gasteiger partial charge in [-0.1, -0.05) is 30.3 Å². The van der Waals surface area contributed by atoms with Crippen molar-refractivity contribution in [1.82, 2.24) is 5.32 Å². The van der Waals surface area contributed by atoms with Crippen molar-refractivity contribution in [3.05, 3.63) is 35.9 Å². The Morgan fingerprint density at radius 1 is 1.29 bits per heavy atom. The third kappa shape index (κ3) is 2.82. The summed E-state index contributed by atoms with van der Waals surface area (Å²) in [4.78, 5) is 0. The van der Waals surface area contributed by atoms with Crippen LogP contribution in [0.25, 0.3) is 0 Å². The standard InChI is InChI=1S/C12H17NO/c1-2-4-11(5-3-1)8-13-9-12-6-7-14-10-12/h1-5,12-13H,6-10H2/t12-/m0/s1. The van der Waals surface area contributed by atoms with E-state index in [4.69, 9.17) is 4.74 Å². The molecule has 1 aromatic rings. The predicted molar refractivity (Wildman–Crippen MR) is 57.1 cm³/mol. The predicted octanol–water partition coefficient (Wildman–Crippen LogP) is 1.81. The van der Waals surface area contributed by atoms with E-state index in [0.717, 1.165) is 32.2 Å². The molecule has 0 unspecified atom stereocenters. The number of nitrogens with one attached hydrogen (secondary N) is 1. The zero-order chi connectivity index (χ0) is 9.64. The molecule has 1 atom stereocenters. The third-order valence-electron chi connectivity index (χ3n) is 2.63. The first kappa shape index (κ1) is 9.69. The van der Waals surface area contributed by atoms with Gasteiger partial charge in [0.1, 0.15) is 0 Å². The van der Waals surface area contributed by atoms with E-state index >= 15 is 0 Å². The molecule has 0 saturated carbocycles. The van der Waals surface area contributed by atoms with Gasteiger partial charge in [0.2, 0.25) is 0 Å². The van der Waals surface area contributed by atoms with Crippen molar-refractivity contribution in [3.8, 4) is 0 Å². The second-order valence-corrected chi connectivity index (χ2v) is 3.85. The molecule has 0 bridgehead atoms. The minimum absolute atomic E-state index is 0.721. The number of hydrogen-bond acceptors (Lipinski definition) is 2. The molecule has 1 saturated heterocycles. The Bertz CT molecular complexity index is 254. The van der Waals surface area contributed by atoms with E-state index in [9.17, 15) is 0 Å². The van der Waals surface area contributed by atoms with Gasteiger partial charge in [0.05, 0.1) is 6.61 Å². The van der Waals surface area contributed by atoms with Crippen molar-refractivity contribution in [2.24, 2.45) is 5.92 Å². The van der Waals surface area contributed by atoms with Gasteiger partial charge in [-0.05, 0) is 17.9 Å². The number of benzene rings is 1. The normalized spacial score (nSPS) is 21.3. The molecule has 0 radical (unpaired) electrons. The molecule has 0 spiro atoms. The minimum Gasteiger partial charge on any atom is -0.381 e. The fourth-order valence-corrected chi connectivity index (χ4v) is 1.76. The molecule has 2 rings (SSSR count).